The third kappa shape index (κ3) is 7.34. The van der Waals surface area contributed by atoms with Gasteiger partial charge in [0, 0.05) is 23.4 Å². The van der Waals surface area contributed by atoms with E-state index in [0.29, 0.717) is 12.1 Å². The zero-order valence-corrected chi connectivity index (χ0v) is 18.7. The Balaban J connectivity index is 1.69. The van der Waals surface area contributed by atoms with Crippen molar-refractivity contribution in [1.82, 2.24) is 10.6 Å². The van der Waals surface area contributed by atoms with Crippen molar-refractivity contribution in [2.75, 3.05) is 11.9 Å². The van der Waals surface area contributed by atoms with E-state index in [1.54, 1.807) is 11.3 Å². The van der Waals surface area contributed by atoms with Gasteiger partial charge < -0.3 is 20.7 Å². The number of thiocarbonyl (C=S) groups is 1. The number of thiophene rings is 1. The van der Waals surface area contributed by atoms with Crippen LogP contribution >= 0.6 is 23.6 Å². The summed E-state index contributed by atoms with van der Waals surface area (Å²) in [5, 5.41) is 20.4. The Kier molecular flexibility index (Phi) is 8.08. The Morgan fingerprint density at radius 2 is 1.91 bits per heavy atom. The summed E-state index contributed by atoms with van der Waals surface area (Å²) in [7, 11) is 0. The Morgan fingerprint density at radius 1 is 1.18 bits per heavy atom. The van der Waals surface area contributed by atoms with Gasteiger partial charge in [-0.3, -0.25) is 4.79 Å². The van der Waals surface area contributed by atoms with Gasteiger partial charge in [0.05, 0.1) is 12.5 Å². The van der Waals surface area contributed by atoms with Crippen molar-refractivity contribution in [2.45, 2.75) is 25.2 Å². The Bertz CT molecular complexity index is 1160. The minimum absolute atomic E-state index is 0.124. The maximum absolute atomic E-state index is 12.8. The molecule has 1 amide bonds. The van der Waals surface area contributed by atoms with E-state index in [0.717, 1.165) is 27.8 Å². The molecule has 172 valence electrons. The summed E-state index contributed by atoms with van der Waals surface area (Å²) in [6.45, 7) is 0.207. The number of alkyl halides is 3. The number of carbonyl (C=O) groups is 1. The monoisotopic (exact) mass is 492 g/mol. The van der Waals surface area contributed by atoms with Gasteiger partial charge in [-0.15, -0.1) is 24.5 Å². The molecule has 0 aliphatic heterocycles. The van der Waals surface area contributed by atoms with Crippen LogP contribution in [-0.2, 0) is 11.2 Å². The second-order valence-electron chi connectivity index (χ2n) is 6.88. The summed E-state index contributed by atoms with van der Waals surface area (Å²) in [5.41, 5.74) is 1.40. The highest BCUT2D eigenvalue weighted by atomic mass is 32.1. The SMILES string of the molecule is N#CCCNC(=O)C(Cc1csc2ccccc12)NC(=S)Nc1ccc(OC(F)(F)F)cc1. The maximum atomic E-state index is 12.8. The molecule has 33 heavy (non-hydrogen) atoms. The third-order valence-electron chi connectivity index (χ3n) is 4.49. The minimum Gasteiger partial charge on any atom is -0.406 e. The first kappa shape index (κ1) is 24.3. The normalized spacial score (nSPS) is 11.9. The molecule has 11 heteroatoms. The van der Waals surface area contributed by atoms with Gasteiger partial charge >= 0.3 is 6.36 Å². The highest BCUT2D eigenvalue weighted by Gasteiger charge is 2.31. The molecule has 0 fully saturated rings. The first-order valence-corrected chi connectivity index (χ1v) is 11.1. The fraction of sp³-hybridized carbons (Fsp3) is 0.227. The van der Waals surface area contributed by atoms with E-state index in [2.05, 4.69) is 20.7 Å². The molecule has 0 spiro atoms. The molecule has 1 unspecified atom stereocenters. The lowest BCUT2D eigenvalue weighted by Crippen LogP contribution is -2.49. The van der Waals surface area contributed by atoms with Crippen LogP contribution in [0.5, 0.6) is 5.75 Å². The lowest BCUT2D eigenvalue weighted by Gasteiger charge is -2.20. The zero-order valence-electron chi connectivity index (χ0n) is 17.1. The maximum Gasteiger partial charge on any atom is 0.573 e. The first-order chi connectivity index (χ1) is 15.7. The van der Waals surface area contributed by atoms with Gasteiger partial charge in [-0.2, -0.15) is 5.26 Å². The van der Waals surface area contributed by atoms with Crippen molar-refractivity contribution in [3.05, 3.63) is 59.5 Å². The van der Waals surface area contributed by atoms with Crippen LogP contribution in [0.1, 0.15) is 12.0 Å². The van der Waals surface area contributed by atoms with Crippen LogP contribution < -0.4 is 20.7 Å². The largest absolute Gasteiger partial charge is 0.573 e. The molecule has 0 saturated carbocycles. The molecule has 3 aromatic rings. The number of halogens is 3. The van der Waals surface area contributed by atoms with Crippen molar-refractivity contribution in [2.24, 2.45) is 0 Å². The average molecular weight is 493 g/mol. The Hall–Kier alpha value is -3.36. The van der Waals surface area contributed by atoms with E-state index in [1.165, 1.54) is 12.1 Å². The summed E-state index contributed by atoms with van der Waals surface area (Å²) in [6.07, 6.45) is -4.25. The van der Waals surface area contributed by atoms with Crippen molar-refractivity contribution in [1.29, 1.82) is 5.26 Å². The van der Waals surface area contributed by atoms with Crippen LogP contribution in [0.4, 0.5) is 18.9 Å². The van der Waals surface area contributed by atoms with E-state index in [4.69, 9.17) is 17.5 Å². The number of nitrogens with zero attached hydrogens (tertiary/aromatic N) is 1. The molecule has 2 aromatic carbocycles. The summed E-state index contributed by atoms with van der Waals surface area (Å²) >= 11 is 6.89. The number of benzene rings is 2. The van der Waals surface area contributed by atoms with Crippen LogP contribution in [0.2, 0.25) is 0 Å². The summed E-state index contributed by atoms with van der Waals surface area (Å²) < 4.78 is 41.9. The average Bonchev–Trinajstić information content (AvgIpc) is 3.17. The molecule has 3 N–H and O–H groups in total. The number of ether oxygens (including phenoxy) is 1. The van der Waals surface area contributed by atoms with Crippen molar-refractivity contribution < 1.29 is 22.7 Å². The van der Waals surface area contributed by atoms with Crippen LogP contribution in [0.25, 0.3) is 10.1 Å². The smallest absolute Gasteiger partial charge is 0.406 e. The number of hydrogen-bond acceptors (Lipinski definition) is 5. The lowest BCUT2D eigenvalue weighted by molar-refractivity contribution is -0.274. The number of carbonyl (C=O) groups excluding carboxylic acids is 1. The van der Waals surface area contributed by atoms with Crippen LogP contribution in [-0.4, -0.2) is 30.0 Å². The molecule has 3 rings (SSSR count). The van der Waals surface area contributed by atoms with Gasteiger partial charge in [-0.1, -0.05) is 18.2 Å². The number of fused-ring (bicyclic) bond motifs is 1. The topological polar surface area (TPSA) is 86.2 Å². The van der Waals surface area contributed by atoms with Crippen LogP contribution in [0.15, 0.2) is 53.9 Å². The third-order valence-corrected chi connectivity index (χ3v) is 5.72. The second kappa shape index (κ2) is 11.0. The number of amides is 1. The number of rotatable bonds is 8. The van der Waals surface area contributed by atoms with E-state index < -0.39 is 12.4 Å². The van der Waals surface area contributed by atoms with Crippen LogP contribution in [0.3, 0.4) is 0 Å². The van der Waals surface area contributed by atoms with Gasteiger partial charge in [0.15, 0.2) is 5.11 Å². The van der Waals surface area contributed by atoms with Gasteiger partial charge in [0.2, 0.25) is 5.91 Å². The second-order valence-corrected chi connectivity index (χ2v) is 8.20. The summed E-state index contributed by atoms with van der Waals surface area (Å²) in [6, 6.07) is 14.2. The molecule has 0 bridgehead atoms. The number of nitrogens with one attached hydrogen (secondary N) is 3. The molecule has 1 heterocycles. The van der Waals surface area contributed by atoms with Crippen molar-refractivity contribution in [3.63, 3.8) is 0 Å². The number of anilines is 1. The van der Waals surface area contributed by atoms with Crippen molar-refractivity contribution in [3.8, 4) is 11.8 Å². The van der Waals surface area contributed by atoms with Gasteiger partial charge in [0.1, 0.15) is 11.8 Å². The van der Waals surface area contributed by atoms with E-state index in [9.17, 15) is 18.0 Å². The summed E-state index contributed by atoms with van der Waals surface area (Å²) in [4.78, 5) is 12.8. The predicted octanol–water partition coefficient (Wildman–Crippen LogP) is 4.73. The van der Waals surface area contributed by atoms with E-state index >= 15 is 0 Å². The highest BCUT2D eigenvalue weighted by molar-refractivity contribution is 7.80. The quantitative estimate of drug-likeness (QED) is 0.312. The van der Waals surface area contributed by atoms with Gasteiger partial charge in [0.25, 0.3) is 0 Å². The van der Waals surface area contributed by atoms with Crippen molar-refractivity contribution >= 4 is 50.3 Å². The molecule has 0 radical (unpaired) electrons. The molecule has 0 aliphatic rings. The minimum atomic E-state index is -4.77. The van der Waals surface area contributed by atoms with E-state index in [-0.39, 0.29) is 29.7 Å². The number of hydrogen-bond donors (Lipinski definition) is 3. The molecular formula is C22H19F3N4O2S2. The highest BCUT2D eigenvalue weighted by Crippen LogP contribution is 2.27. The van der Waals surface area contributed by atoms with Crippen LogP contribution in [0, 0.1) is 11.3 Å². The summed E-state index contributed by atoms with van der Waals surface area (Å²) in [5.74, 6) is -0.676. The van der Waals surface area contributed by atoms with Gasteiger partial charge in [-0.05, 0) is 58.9 Å². The lowest BCUT2D eigenvalue weighted by atomic mass is 10.0. The predicted molar refractivity (Wildman–Crippen MR) is 125 cm³/mol. The first-order valence-electron chi connectivity index (χ1n) is 9.78. The molecule has 6 nitrogen and oxygen atoms in total. The molecule has 0 aliphatic carbocycles. The fourth-order valence-electron chi connectivity index (χ4n) is 3.05. The van der Waals surface area contributed by atoms with E-state index in [1.807, 2.05) is 35.7 Å². The van der Waals surface area contributed by atoms with Gasteiger partial charge in [-0.25, -0.2) is 0 Å². The standard InChI is InChI=1S/C22H19F3N4O2S2/c23-22(24,25)31-16-8-6-15(7-9-16)28-21(32)29-18(20(30)27-11-3-10-26)12-14-13-33-19-5-2-1-4-17(14)19/h1-2,4-9,13,18H,3,11-12H2,(H,27,30)(H2,28,29,32). The fourth-order valence-corrected chi connectivity index (χ4v) is 4.29. The molecule has 1 atom stereocenters. The Morgan fingerprint density at radius 3 is 2.61 bits per heavy atom. The molecular weight excluding hydrogens is 473 g/mol. The zero-order chi connectivity index (χ0) is 23.8. The molecule has 0 saturated heterocycles. The molecule has 1 aromatic heterocycles. The Labute approximate surface area is 197 Å². The number of nitriles is 1.